The number of halogens is 1. The summed E-state index contributed by atoms with van der Waals surface area (Å²) >= 11 is 5.95. The van der Waals surface area contributed by atoms with Crippen molar-refractivity contribution in [2.45, 2.75) is 13.5 Å². The van der Waals surface area contributed by atoms with Crippen molar-refractivity contribution >= 4 is 45.5 Å². The summed E-state index contributed by atoms with van der Waals surface area (Å²) in [6.07, 6.45) is 0. The fourth-order valence-corrected chi connectivity index (χ4v) is 3.84. The number of aryl methyl sites for hydroxylation is 1. The molecule has 0 bridgehead atoms. The van der Waals surface area contributed by atoms with Crippen LogP contribution in [-0.4, -0.2) is 20.4 Å². The number of anilines is 1. The molecular weight excluding hydrogens is 422 g/mol. The van der Waals surface area contributed by atoms with Crippen LogP contribution in [0.1, 0.15) is 21.5 Å². The Morgan fingerprint density at radius 2 is 1.62 bits per heavy atom. The Kier molecular flexibility index (Phi) is 4.99. The van der Waals surface area contributed by atoms with Crippen molar-refractivity contribution in [1.82, 2.24) is 19.9 Å². The van der Waals surface area contributed by atoms with Crippen LogP contribution in [0.25, 0.3) is 27.9 Å². The van der Waals surface area contributed by atoms with Crippen molar-refractivity contribution in [3.63, 3.8) is 0 Å². The Hall–Kier alpha value is -3.90. The molecule has 3 aromatic carbocycles. The van der Waals surface area contributed by atoms with E-state index in [0.717, 1.165) is 22.3 Å². The standard InChI is InChI=1S/C25H20ClN5O/c1-15-6-12-18(13-7-15)31-23(27)21(25(32)28-14-16-8-10-17(26)11-9-16)22-24(31)30-20-5-3-2-4-19(20)29-22/h2-13H,14,27H2,1H3,(H,28,32). The van der Waals surface area contributed by atoms with E-state index in [1.807, 2.05) is 67.6 Å². The van der Waals surface area contributed by atoms with Gasteiger partial charge in [-0.25, -0.2) is 9.97 Å². The van der Waals surface area contributed by atoms with Crippen molar-refractivity contribution < 1.29 is 4.79 Å². The third-order valence-electron chi connectivity index (χ3n) is 5.38. The van der Waals surface area contributed by atoms with Crippen molar-refractivity contribution in [3.8, 4) is 5.69 Å². The minimum atomic E-state index is -0.308. The Morgan fingerprint density at radius 3 is 2.31 bits per heavy atom. The summed E-state index contributed by atoms with van der Waals surface area (Å²) in [5.74, 6) is -0.00865. The Bertz CT molecular complexity index is 1460. The lowest BCUT2D eigenvalue weighted by Crippen LogP contribution is -2.24. The minimum absolute atomic E-state index is 0.299. The first-order valence-electron chi connectivity index (χ1n) is 10.2. The number of hydrogen-bond acceptors (Lipinski definition) is 4. The fraction of sp³-hybridized carbons (Fsp3) is 0.0800. The molecule has 32 heavy (non-hydrogen) atoms. The van der Waals surface area contributed by atoms with E-state index in [-0.39, 0.29) is 5.91 Å². The lowest BCUT2D eigenvalue weighted by Gasteiger charge is -2.09. The minimum Gasteiger partial charge on any atom is -0.384 e. The number of aromatic nitrogens is 3. The Balaban J connectivity index is 1.64. The second-order valence-corrected chi connectivity index (χ2v) is 8.06. The molecule has 0 saturated heterocycles. The molecule has 2 aromatic heterocycles. The highest BCUT2D eigenvalue weighted by atomic mass is 35.5. The van der Waals surface area contributed by atoms with E-state index in [2.05, 4.69) is 5.32 Å². The number of carbonyl (C=O) groups is 1. The number of carbonyl (C=O) groups excluding carboxylic acids is 1. The van der Waals surface area contributed by atoms with E-state index in [1.54, 1.807) is 16.7 Å². The molecule has 3 N–H and O–H groups in total. The maximum absolute atomic E-state index is 13.3. The van der Waals surface area contributed by atoms with E-state index in [1.165, 1.54) is 0 Å². The van der Waals surface area contributed by atoms with E-state index in [9.17, 15) is 4.79 Å². The number of nitrogens with zero attached hydrogens (tertiary/aromatic N) is 3. The molecule has 0 aliphatic heterocycles. The smallest absolute Gasteiger partial charge is 0.257 e. The lowest BCUT2D eigenvalue weighted by atomic mass is 10.2. The first kappa shape index (κ1) is 20.0. The molecule has 1 amide bonds. The number of nitrogens with one attached hydrogen (secondary N) is 1. The van der Waals surface area contributed by atoms with Gasteiger partial charge in [0.25, 0.3) is 5.91 Å². The third kappa shape index (κ3) is 3.55. The van der Waals surface area contributed by atoms with Crippen molar-refractivity contribution in [3.05, 3.63) is 94.5 Å². The Morgan fingerprint density at radius 1 is 0.969 bits per heavy atom. The van der Waals surface area contributed by atoms with Crippen LogP contribution in [0.2, 0.25) is 5.02 Å². The summed E-state index contributed by atoms with van der Waals surface area (Å²) in [5.41, 5.74) is 12.2. The van der Waals surface area contributed by atoms with Gasteiger partial charge in [-0.3, -0.25) is 9.36 Å². The maximum atomic E-state index is 13.3. The number of amides is 1. The van der Waals surface area contributed by atoms with Crippen molar-refractivity contribution in [1.29, 1.82) is 0 Å². The van der Waals surface area contributed by atoms with Gasteiger partial charge in [-0.1, -0.05) is 53.6 Å². The van der Waals surface area contributed by atoms with Crippen molar-refractivity contribution in [2.24, 2.45) is 0 Å². The van der Waals surface area contributed by atoms with Gasteiger partial charge in [0.05, 0.1) is 11.0 Å². The van der Waals surface area contributed by atoms with Crippen LogP contribution in [-0.2, 0) is 6.54 Å². The number of nitrogen functional groups attached to an aromatic ring is 1. The van der Waals surface area contributed by atoms with Gasteiger partial charge in [0.1, 0.15) is 16.9 Å². The molecule has 7 heteroatoms. The monoisotopic (exact) mass is 441 g/mol. The second kappa shape index (κ2) is 7.98. The van der Waals surface area contributed by atoms with Gasteiger partial charge in [-0.15, -0.1) is 0 Å². The van der Waals surface area contributed by atoms with Crippen LogP contribution in [0.3, 0.4) is 0 Å². The van der Waals surface area contributed by atoms with Crippen molar-refractivity contribution in [2.75, 3.05) is 5.73 Å². The molecule has 0 spiro atoms. The summed E-state index contributed by atoms with van der Waals surface area (Å²) in [5, 5.41) is 3.59. The highest BCUT2D eigenvalue weighted by molar-refractivity contribution is 6.30. The molecular formula is C25H20ClN5O. The highest BCUT2D eigenvalue weighted by Gasteiger charge is 2.24. The average molecular weight is 442 g/mol. The maximum Gasteiger partial charge on any atom is 0.257 e. The number of benzene rings is 3. The zero-order valence-corrected chi connectivity index (χ0v) is 18.1. The highest BCUT2D eigenvalue weighted by Crippen LogP contribution is 2.31. The molecule has 0 radical (unpaired) electrons. The zero-order valence-electron chi connectivity index (χ0n) is 17.3. The van der Waals surface area contributed by atoms with E-state index in [0.29, 0.717) is 39.6 Å². The van der Waals surface area contributed by atoms with Crippen LogP contribution in [0.5, 0.6) is 0 Å². The van der Waals surface area contributed by atoms with Gasteiger partial charge < -0.3 is 11.1 Å². The molecule has 0 aliphatic rings. The molecule has 158 valence electrons. The number of para-hydroxylation sites is 2. The van der Waals surface area contributed by atoms with Crippen LogP contribution in [0, 0.1) is 6.92 Å². The van der Waals surface area contributed by atoms with E-state index in [4.69, 9.17) is 27.3 Å². The van der Waals surface area contributed by atoms with Gasteiger partial charge in [0, 0.05) is 17.3 Å². The molecule has 0 atom stereocenters. The summed E-state index contributed by atoms with van der Waals surface area (Å²) in [6.45, 7) is 2.36. The Labute approximate surface area is 189 Å². The van der Waals surface area contributed by atoms with Gasteiger partial charge >= 0.3 is 0 Å². The fourth-order valence-electron chi connectivity index (χ4n) is 3.71. The number of rotatable bonds is 4. The molecule has 5 rings (SSSR count). The molecule has 2 heterocycles. The number of nitrogens with two attached hydrogens (primary N) is 1. The summed E-state index contributed by atoms with van der Waals surface area (Å²) < 4.78 is 1.78. The number of hydrogen-bond donors (Lipinski definition) is 2. The third-order valence-corrected chi connectivity index (χ3v) is 5.64. The quantitative estimate of drug-likeness (QED) is 0.408. The van der Waals surface area contributed by atoms with Gasteiger partial charge in [0.2, 0.25) is 0 Å². The van der Waals surface area contributed by atoms with Crippen LogP contribution in [0.4, 0.5) is 5.82 Å². The average Bonchev–Trinajstić information content (AvgIpc) is 3.08. The normalized spacial score (nSPS) is 11.2. The molecule has 6 nitrogen and oxygen atoms in total. The topological polar surface area (TPSA) is 85.8 Å². The predicted molar refractivity (Wildman–Crippen MR) is 128 cm³/mol. The molecule has 0 aliphatic carbocycles. The van der Waals surface area contributed by atoms with Crippen LogP contribution >= 0.6 is 11.6 Å². The van der Waals surface area contributed by atoms with E-state index < -0.39 is 0 Å². The first-order chi connectivity index (χ1) is 15.5. The van der Waals surface area contributed by atoms with E-state index >= 15 is 0 Å². The lowest BCUT2D eigenvalue weighted by molar-refractivity contribution is 0.0953. The molecule has 0 fully saturated rings. The molecule has 0 unspecified atom stereocenters. The van der Waals surface area contributed by atoms with Gasteiger partial charge in [0.15, 0.2) is 5.65 Å². The predicted octanol–water partition coefficient (Wildman–Crippen LogP) is 5.05. The van der Waals surface area contributed by atoms with Crippen LogP contribution < -0.4 is 11.1 Å². The molecule has 5 aromatic rings. The number of fused-ring (bicyclic) bond motifs is 2. The largest absolute Gasteiger partial charge is 0.384 e. The second-order valence-electron chi connectivity index (χ2n) is 7.62. The SMILES string of the molecule is Cc1ccc(-n2c(N)c(C(=O)NCc3ccc(Cl)cc3)c3nc4ccccc4nc32)cc1. The summed E-state index contributed by atoms with van der Waals surface area (Å²) in [6, 6.07) is 22.8. The van der Waals surface area contributed by atoms with Crippen LogP contribution in [0.15, 0.2) is 72.8 Å². The first-order valence-corrected chi connectivity index (χ1v) is 10.6. The van der Waals surface area contributed by atoms with Gasteiger partial charge in [-0.2, -0.15) is 0 Å². The summed E-state index contributed by atoms with van der Waals surface area (Å²) in [7, 11) is 0. The zero-order chi connectivity index (χ0) is 22.2. The molecule has 0 saturated carbocycles. The van der Waals surface area contributed by atoms with Gasteiger partial charge in [-0.05, 0) is 48.9 Å². The summed E-state index contributed by atoms with van der Waals surface area (Å²) in [4.78, 5) is 22.8.